The minimum absolute atomic E-state index is 0.0739. The van der Waals surface area contributed by atoms with Crippen LogP contribution in [-0.4, -0.2) is 66.0 Å². The molecule has 5 heterocycles. The molecule has 0 unspecified atom stereocenters. The minimum atomic E-state index is 0.0739. The first-order valence-electron chi connectivity index (χ1n) is 10.9. The molecule has 33 heavy (non-hydrogen) atoms. The van der Waals surface area contributed by atoms with E-state index >= 15 is 0 Å². The fourth-order valence-electron chi connectivity index (χ4n) is 4.47. The second-order valence-corrected chi connectivity index (χ2v) is 9.06. The van der Waals surface area contributed by atoms with Gasteiger partial charge in [-0.25, -0.2) is 15.0 Å². The zero-order valence-corrected chi connectivity index (χ0v) is 18.9. The van der Waals surface area contributed by atoms with Crippen LogP contribution in [0, 0.1) is 0 Å². The Hall–Kier alpha value is -3.79. The Morgan fingerprint density at radius 1 is 1.18 bits per heavy atom. The Bertz CT molecular complexity index is 1420. The van der Waals surface area contributed by atoms with Crippen LogP contribution >= 0.6 is 11.3 Å². The Balaban J connectivity index is 1.19. The zero-order valence-electron chi connectivity index (χ0n) is 18.0. The number of fused-ring (bicyclic) bond motifs is 2. The molecule has 9 nitrogen and oxygen atoms in total. The predicted molar refractivity (Wildman–Crippen MR) is 128 cm³/mol. The molecule has 6 rings (SSSR count). The number of carbonyl (C=O) groups is 1. The number of nitrogens with zero attached hydrogens (tertiary/aromatic N) is 7. The SMILES string of the molecule is C[C@@H]1CN(c2scnc2-c2nc3ccccc3[nH]2)CCN1C(=O)Cn1cnc2ccncc21. The van der Waals surface area contributed by atoms with Crippen molar-refractivity contribution in [2.75, 3.05) is 24.5 Å². The summed E-state index contributed by atoms with van der Waals surface area (Å²) in [7, 11) is 0. The van der Waals surface area contributed by atoms with Gasteiger partial charge in [0, 0.05) is 31.9 Å². The molecule has 0 radical (unpaired) electrons. The summed E-state index contributed by atoms with van der Waals surface area (Å²) in [6.45, 7) is 4.50. The monoisotopic (exact) mass is 458 g/mol. The van der Waals surface area contributed by atoms with E-state index in [0.29, 0.717) is 6.54 Å². The number of imidazole rings is 2. The maximum atomic E-state index is 13.1. The van der Waals surface area contributed by atoms with Crippen LogP contribution < -0.4 is 4.90 Å². The van der Waals surface area contributed by atoms with E-state index in [2.05, 4.69) is 31.8 Å². The predicted octanol–water partition coefficient (Wildman–Crippen LogP) is 3.17. The Labute approximate surface area is 193 Å². The lowest BCUT2D eigenvalue weighted by atomic mass is 10.2. The van der Waals surface area contributed by atoms with Gasteiger partial charge in [-0.15, -0.1) is 11.3 Å². The average molecular weight is 459 g/mol. The highest BCUT2D eigenvalue weighted by atomic mass is 32.1. The molecule has 0 spiro atoms. The highest BCUT2D eigenvalue weighted by Crippen LogP contribution is 2.34. The maximum absolute atomic E-state index is 13.1. The number of nitrogens with one attached hydrogen (secondary N) is 1. The van der Waals surface area contributed by atoms with E-state index in [1.807, 2.05) is 45.3 Å². The molecule has 10 heteroatoms. The highest BCUT2D eigenvalue weighted by Gasteiger charge is 2.30. The van der Waals surface area contributed by atoms with Crippen molar-refractivity contribution in [3.05, 3.63) is 54.6 Å². The molecular weight excluding hydrogens is 436 g/mol. The van der Waals surface area contributed by atoms with Gasteiger partial charge in [-0.2, -0.15) is 0 Å². The topological polar surface area (TPSA) is 95.8 Å². The molecule has 1 amide bonds. The van der Waals surface area contributed by atoms with Crippen LogP contribution in [0.25, 0.3) is 33.6 Å². The quantitative estimate of drug-likeness (QED) is 0.444. The number of piperazine rings is 1. The molecule has 0 bridgehead atoms. The van der Waals surface area contributed by atoms with Crippen molar-refractivity contribution in [2.45, 2.75) is 19.5 Å². The third-order valence-corrected chi connectivity index (χ3v) is 7.01. The maximum Gasteiger partial charge on any atom is 0.242 e. The van der Waals surface area contributed by atoms with Gasteiger partial charge in [-0.1, -0.05) is 12.1 Å². The number of benzene rings is 1. The Morgan fingerprint density at radius 2 is 2.09 bits per heavy atom. The van der Waals surface area contributed by atoms with Gasteiger partial charge >= 0.3 is 0 Å². The van der Waals surface area contributed by atoms with Crippen LogP contribution in [0.3, 0.4) is 0 Å². The smallest absolute Gasteiger partial charge is 0.242 e. The molecule has 1 aliphatic rings. The lowest BCUT2D eigenvalue weighted by Crippen LogP contribution is -2.54. The molecular formula is C23H22N8OS. The fourth-order valence-corrected chi connectivity index (χ4v) is 5.30. The first kappa shape index (κ1) is 19.9. The summed E-state index contributed by atoms with van der Waals surface area (Å²) in [4.78, 5) is 38.6. The molecule has 1 fully saturated rings. The van der Waals surface area contributed by atoms with E-state index < -0.39 is 0 Å². The van der Waals surface area contributed by atoms with Crippen LogP contribution in [0.15, 0.2) is 54.6 Å². The molecule has 1 aliphatic heterocycles. The highest BCUT2D eigenvalue weighted by molar-refractivity contribution is 7.14. The molecule has 0 saturated carbocycles. The van der Waals surface area contributed by atoms with Gasteiger partial charge in [0.05, 0.1) is 40.1 Å². The van der Waals surface area contributed by atoms with Crippen molar-refractivity contribution in [1.29, 1.82) is 0 Å². The molecule has 1 N–H and O–H groups in total. The first-order chi connectivity index (χ1) is 16.2. The first-order valence-corrected chi connectivity index (χ1v) is 11.7. The van der Waals surface area contributed by atoms with Crippen LogP contribution in [-0.2, 0) is 11.3 Å². The summed E-state index contributed by atoms with van der Waals surface area (Å²) in [5, 5.41) is 1.08. The van der Waals surface area contributed by atoms with E-state index in [1.165, 1.54) is 0 Å². The van der Waals surface area contributed by atoms with Crippen molar-refractivity contribution < 1.29 is 4.79 Å². The number of hydrogen-bond acceptors (Lipinski definition) is 7. The molecule has 4 aromatic heterocycles. The molecule has 5 aromatic rings. The van der Waals surface area contributed by atoms with Crippen molar-refractivity contribution in [3.8, 4) is 11.5 Å². The standard InChI is InChI=1S/C23H22N8OS/c1-15-11-29(23-21(26-14-33-23)22-27-16-4-2-3-5-17(16)28-22)8-9-31(15)20(32)12-30-13-25-18-6-7-24-10-19(18)30/h2-7,10,13-15H,8-9,11-12H2,1H3,(H,27,28)/t15-/m1/s1. The number of anilines is 1. The number of aromatic amines is 1. The average Bonchev–Trinajstić information content (AvgIpc) is 3.57. The zero-order chi connectivity index (χ0) is 22.4. The van der Waals surface area contributed by atoms with Gasteiger partial charge in [-0.3, -0.25) is 9.78 Å². The number of aromatic nitrogens is 6. The summed E-state index contributed by atoms with van der Waals surface area (Å²) >= 11 is 1.61. The molecule has 166 valence electrons. The summed E-state index contributed by atoms with van der Waals surface area (Å²) in [6, 6.07) is 9.91. The molecule has 1 aromatic carbocycles. The molecule has 0 aliphatic carbocycles. The van der Waals surface area contributed by atoms with Gasteiger partial charge < -0.3 is 19.4 Å². The van der Waals surface area contributed by atoms with Crippen LogP contribution in [0.1, 0.15) is 6.92 Å². The third-order valence-electron chi connectivity index (χ3n) is 6.13. The van der Waals surface area contributed by atoms with E-state index in [-0.39, 0.29) is 18.5 Å². The minimum Gasteiger partial charge on any atom is -0.358 e. The van der Waals surface area contributed by atoms with E-state index in [9.17, 15) is 4.79 Å². The number of hydrogen-bond donors (Lipinski definition) is 1. The molecule has 1 saturated heterocycles. The second-order valence-electron chi connectivity index (χ2n) is 8.23. The number of pyridine rings is 1. The lowest BCUT2D eigenvalue weighted by Gasteiger charge is -2.40. The summed E-state index contributed by atoms with van der Waals surface area (Å²) in [5.74, 6) is 0.867. The second kappa shape index (κ2) is 7.96. The van der Waals surface area contributed by atoms with Gasteiger partial charge in [-0.05, 0) is 25.1 Å². The van der Waals surface area contributed by atoms with Gasteiger partial charge in [0.25, 0.3) is 0 Å². The summed E-state index contributed by atoms with van der Waals surface area (Å²) in [6.07, 6.45) is 5.17. The van der Waals surface area contributed by atoms with Crippen molar-refractivity contribution >= 4 is 44.3 Å². The number of H-pyrrole nitrogens is 1. The van der Waals surface area contributed by atoms with Gasteiger partial charge in [0.1, 0.15) is 17.2 Å². The number of para-hydroxylation sites is 2. The van der Waals surface area contributed by atoms with Gasteiger partial charge in [0.2, 0.25) is 5.91 Å². The van der Waals surface area contributed by atoms with Gasteiger partial charge in [0.15, 0.2) is 5.82 Å². The largest absolute Gasteiger partial charge is 0.358 e. The third kappa shape index (κ3) is 3.52. The van der Waals surface area contributed by atoms with E-state index in [1.54, 1.807) is 30.1 Å². The number of amides is 1. The molecule has 1 atom stereocenters. The normalized spacial score (nSPS) is 16.7. The number of rotatable bonds is 4. The van der Waals surface area contributed by atoms with Crippen molar-refractivity contribution in [1.82, 2.24) is 34.4 Å². The van der Waals surface area contributed by atoms with Crippen LogP contribution in [0.4, 0.5) is 5.00 Å². The number of thiazole rings is 1. The van der Waals surface area contributed by atoms with Crippen molar-refractivity contribution in [2.24, 2.45) is 0 Å². The fraction of sp³-hybridized carbons (Fsp3) is 0.261. The van der Waals surface area contributed by atoms with E-state index in [0.717, 1.165) is 51.7 Å². The lowest BCUT2D eigenvalue weighted by molar-refractivity contribution is -0.134. The Kier molecular flexibility index (Phi) is 4.79. The summed E-state index contributed by atoms with van der Waals surface area (Å²) in [5.41, 5.74) is 6.37. The van der Waals surface area contributed by atoms with Crippen molar-refractivity contribution in [3.63, 3.8) is 0 Å². The van der Waals surface area contributed by atoms with Crippen LogP contribution in [0.2, 0.25) is 0 Å². The number of carbonyl (C=O) groups excluding carboxylic acids is 1. The van der Waals surface area contributed by atoms with Crippen LogP contribution in [0.5, 0.6) is 0 Å². The summed E-state index contributed by atoms with van der Waals surface area (Å²) < 4.78 is 1.87. The Morgan fingerprint density at radius 3 is 2.97 bits per heavy atom. The van der Waals surface area contributed by atoms with E-state index in [4.69, 9.17) is 4.98 Å².